The Kier molecular flexibility index (Phi) is 3.64. The predicted molar refractivity (Wildman–Crippen MR) is 80.7 cm³/mol. The van der Waals surface area contributed by atoms with Crippen molar-refractivity contribution in [2.45, 2.75) is 19.8 Å². The van der Waals surface area contributed by atoms with E-state index in [1.54, 1.807) is 12.1 Å². The van der Waals surface area contributed by atoms with Gasteiger partial charge >= 0.3 is 0 Å². The Labute approximate surface area is 123 Å². The maximum absolute atomic E-state index is 12.4. The average molecular weight is 285 g/mol. The number of nitrogen functional groups attached to an aromatic ring is 1. The zero-order valence-electron chi connectivity index (χ0n) is 12.1. The second kappa shape index (κ2) is 5.60. The Morgan fingerprint density at radius 3 is 2.86 bits per heavy atom. The van der Waals surface area contributed by atoms with Gasteiger partial charge in [-0.25, -0.2) is 4.98 Å². The van der Waals surface area contributed by atoms with Crippen molar-refractivity contribution in [1.82, 2.24) is 9.88 Å². The maximum Gasteiger partial charge on any atom is 0.275 e. The highest BCUT2D eigenvalue weighted by Gasteiger charge is 2.24. The maximum atomic E-state index is 12.4. The van der Waals surface area contributed by atoms with Gasteiger partial charge in [-0.3, -0.25) is 4.79 Å². The van der Waals surface area contributed by atoms with Crippen LogP contribution in [0.3, 0.4) is 0 Å². The van der Waals surface area contributed by atoms with Crippen molar-refractivity contribution in [2.75, 3.05) is 18.8 Å². The van der Waals surface area contributed by atoms with Crippen LogP contribution in [0, 0.1) is 5.92 Å². The number of hydrogen-bond donors (Lipinski definition) is 1. The number of nitrogens with zero attached hydrogens (tertiary/aromatic N) is 2. The number of nitrogens with two attached hydrogens (primary N) is 1. The number of anilines is 1. The van der Waals surface area contributed by atoms with Crippen LogP contribution in [0.5, 0.6) is 0 Å². The fourth-order valence-corrected chi connectivity index (χ4v) is 2.67. The molecule has 2 aromatic rings. The van der Waals surface area contributed by atoms with Crippen LogP contribution in [-0.4, -0.2) is 28.9 Å². The molecule has 0 bridgehead atoms. The van der Waals surface area contributed by atoms with Gasteiger partial charge in [0.1, 0.15) is 6.26 Å². The average Bonchev–Trinajstić information content (AvgIpc) is 2.97. The van der Waals surface area contributed by atoms with Gasteiger partial charge in [0.15, 0.2) is 5.69 Å². The molecule has 0 saturated carbocycles. The lowest BCUT2D eigenvalue weighted by molar-refractivity contribution is 0.0677. The molecule has 1 amide bonds. The van der Waals surface area contributed by atoms with E-state index in [9.17, 15) is 4.79 Å². The van der Waals surface area contributed by atoms with Crippen LogP contribution in [0.1, 0.15) is 30.3 Å². The van der Waals surface area contributed by atoms with E-state index in [2.05, 4.69) is 11.9 Å². The highest BCUT2D eigenvalue weighted by atomic mass is 16.3. The molecule has 1 aromatic heterocycles. The summed E-state index contributed by atoms with van der Waals surface area (Å²) in [6, 6.07) is 7.23. The number of oxazole rings is 1. The Morgan fingerprint density at radius 1 is 1.38 bits per heavy atom. The third-order valence-corrected chi connectivity index (χ3v) is 3.83. The van der Waals surface area contributed by atoms with Gasteiger partial charge in [0.2, 0.25) is 5.89 Å². The number of likely N-dealkylation sites (tertiary alicyclic amines) is 1. The molecule has 21 heavy (non-hydrogen) atoms. The predicted octanol–water partition coefficient (Wildman–Crippen LogP) is 2.80. The third kappa shape index (κ3) is 2.91. The zero-order chi connectivity index (χ0) is 14.8. The molecule has 1 aromatic carbocycles. The van der Waals surface area contributed by atoms with Crippen molar-refractivity contribution in [3.8, 4) is 11.5 Å². The van der Waals surface area contributed by atoms with Crippen molar-refractivity contribution in [3.05, 3.63) is 36.2 Å². The van der Waals surface area contributed by atoms with Gasteiger partial charge in [-0.2, -0.15) is 0 Å². The second-order valence-corrected chi connectivity index (χ2v) is 5.66. The van der Waals surface area contributed by atoms with E-state index in [1.807, 2.05) is 17.0 Å². The van der Waals surface area contributed by atoms with E-state index < -0.39 is 0 Å². The molecule has 1 atom stereocenters. The van der Waals surface area contributed by atoms with Gasteiger partial charge < -0.3 is 15.1 Å². The standard InChI is InChI=1S/C16H19N3O2/c1-11-3-2-8-19(9-11)16(20)14-10-21-15(18-14)12-4-6-13(17)7-5-12/h4-7,10-11H,2-3,8-9,17H2,1H3. The molecule has 1 fully saturated rings. The van der Waals surface area contributed by atoms with Crippen molar-refractivity contribution in [1.29, 1.82) is 0 Å². The SMILES string of the molecule is CC1CCCN(C(=O)c2coc(-c3ccc(N)cc3)n2)C1. The van der Waals surface area contributed by atoms with Crippen LogP contribution in [0.25, 0.3) is 11.5 Å². The minimum atomic E-state index is -0.0491. The van der Waals surface area contributed by atoms with Crippen LogP contribution in [0.2, 0.25) is 0 Å². The quantitative estimate of drug-likeness (QED) is 0.861. The van der Waals surface area contributed by atoms with Gasteiger partial charge in [-0.15, -0.1) is 0 Å². The van der Waals surface area contributed by atoms with E-state index in [1.165, 1.54) is 12.7 Å². The first-order valence-electron chi connectivity index (χ1n) is 7.24. The molecule has 1 aliphatic heterocycles. The summed E-state index contributed by atoms with van der Waals surface area (Å²) in [4.78, 5) is 18.6. The number of amides is 1. The Bertz CT molecular complexity index is 633. The summed E-state index contributed by atoms with van der Waals surface area (Å²) in [5.74, 6) is 0.946. The van der Waals surface area contributed by atoms with E-state index in [-0.39, 0.29) is 5.91 Å². The topological polar surface area (TPSA) is 72.4 Å². The highest BCUT2D eigenvalue weighted by molar-refractivity contribution is 5.92. The summed E-state index contributed by atoms with van der Waals surface area (Å²) in [5.41, 5.74) is 7.53. The first-order chi connectivity index (χ1) is 10.1. The van der Waals surface area contributed by atoms with Gasteiger partial charge in [-0.1, -0.05) is 6.92 Å². The minimum absolute atomic E-state index is 0.0491. The zero-order valence-corrected chi connectivity index (χ0v) is 12.1. The summed E-state index contributed by atoms with van der Waals surface area (Å²) in [7, 11) is 0. The second-order valence-electron chi connectivity index (χ2n) is 5.66. The van der Waals surface area contributed by atoms with Crippen LogP contribution < -0.4 is 5.73 Å². The summed E-state index contributed by atoms with van der Waals surface area (Å²) in [5, 5.41) is 0. The monoisotopic (exact) mass is 285 g/mol. The normalized spacial score (nSPS) is 18.7. The molecule has 1 saturated heterocycles. The number of hydrogen-bond acceptors (Lipinski definition) is 4. The van der Waals surface area contributed by atoms with E-state index in [0.717, 1.165) is 25.1 Å². The van der Waals surface area contributed by atoms with Crippen molar-refractivity contribution >= 4 is 11.6 Å². The lowest BCUT2D eigenvalue weighted by Crippen LogP contribution is -2.39. The molecule has 0 aliphatic carbocycles. The van der Waals surface area contributed by atoms with E-state index in [4.69, 9.17) is 10.2 Å². The van der Waals surface area contributed by atoms with Crippen LogP contribution in [0.4, 0.5) is 5.69 Å². The number of carbonyl (C=O) groups excluding carboxylic acids is 1. The molecular formula is C16H19N3O2. The number of rotatable bonds is 2. The Hall–Kier alpha value is -2.30. The van der Waals surface area contributed by atoms with Gasteiger partial charge in [0.25, 0.3) is 5.91 Å². The number of piperidine rings is 1. The molecule has 5 heteroatoms. The highest BCUT2D eigenvalue weighted by Crippen LogP contribution is 2.22. The smallest absolute Gasteiger partial charge is 0.275 e. The molecule has 0 radical (unpaired) electrons. The molecule has 2 heterocycles. The number of benzene rings is 1. The molecule has 3 rings (SSSR count). The molecule has 5 nitrogen and oxygen atoms in total. The first kappa shape index (κ1) is 13.7. The van der Waals surface area contributed by atoms with Crippen molar-refractivity contribution in [2.24, 2.45) is 5.92 Å². The van der Waals surface area contributed by atoms with Crippen LogP contribution in [0.15, 0.2) is 34.9 Å². The molecule has 1 unspecified atom stereocenters. The largest absolute Gasteiger partial charge is 0.444 e. The number of carbonyl (C=O) groups is 1. The fraction of sp³-hybridized carbons (Fsp3) is 0.375. The van der Waals surface area contributed by atoms with E-state index >= 15 is 0 Å². The molecular weight excluding hydrogens is 266 g/mol. The summed E-state index contributed by atoms with van der Waals surface area (Å²) < 4.78 is 5.43. The Morgan fingerprint density at radius 2 is 2.14 bits per heavy atom. The lowest BCUT2D eigenvalue weighted by Gasteiger charge is -2.30. The summed E-state index contributed by atoms with van der Waals surface area (Å²) in [6.07, 6.45) is 3.67. The van der Waals surface area contributed by atoms with Gasteiger partial charge in [0.05, 0.1) is 0 Å². The fourth-order valence-electron chi connectivity index (χ4n) is 2.67. The molecule has 0 spiro atoms. The van der Waals surface area contributed by atoms with E-state index in [0.29, 0.717) is 23.2 Å². The summed E-state index contributed by atoms with van der Waals surface area (Å²) >= 11 is 0. The molecule has 2 N–H and O–H groups in total. The van der Waals surface area contributed by atoms with Crippen molar-refractivity contribution in [3.63, 3.8) is 0 Å². The van der Waals surface area contributed by atoms with Crippen molar-refractivity contribution < 1.29 is 9.21 Å². The third-order valence-electron chi connectivity index (χ3n) is 3.83. The summed E-state index contributed by atoms with van der Waals surface area (Å²) in [6.45, 7) is 3.76. The van der Waals surface area contributed by atoms with Crippen LogP contribution in [-0.2, 0) is 0 Å². The van der Waals surface area contributed by atoms with Gasteiger partial charge in [0, 0.05) is 24.3 Å². The Balaban J connectivity index is 1.78. The lowest BCUT2D eigenvalue weighted by atomic mass is 10.0. The minimum Gasteiger partial charge on any atom is -0.444 e. The number of aromatic nitrogens is 1. The molecule has 1 aliphatic rings. The van der Waals surface area contributed by atoms with Gasteiger partial charge in [-0.05, 0) is 43.0 Å². The molecule has 110 valence electrons. The first-order valence-corrected chi connectivity index (χ1v) is 7.24. The van der Waals surface area contributed by atoms with Crippen LogP contribution >= 0.6 is 0 Å².